The van der Waals surface area contributed by atoms with Gasteiger partial charge in [-0.3, -0.25) is 0 Å². The van der Waals surface area contributed by atoms with Crippen LogP contribution in [-0.2, 0) is 0 Å². The Labute approximate surface area is 98.3 Å². The van der Waals surface area contributed by atoms with Crippen molar-refractivity contribution in [3.05, 3.63) is 28.3 Å². The van der Waals surface area contributed by atoms with E-state index in [2.05, 4.69) is 0 Å². The monoisotopic (exact) mass is 249 g/mol. The van der Waals surface area contributed by atoms with Gasteiger partial charge in [-0.1, -0.05) is 18.5 Å². The van der Waals surface area contributed by atoms with E-state index >= 15 is 0 Å². The van der Waals surface area contributed by atoms with E-state index in [9.17, 15) is 8.78 Å². The molecule has 0 radical (unpaired) electrons. The molecular formula is C11H14ClF2NO. The van der Waals surface area contributed by atoms with Crippen molar-refractivity contribution in [3.8, 4) is 5.75 Å². The fourth-order valence-corrected chi connectivity index (χ4v) is 1.72. The maximum absolute atomic E-state index is 13.6. The molecule has 90 valence electrons. The lowest BCUT2D eigenvalue weighted by Gasteiger charge is -2.16. The predicted octanol–water partition coefficient (Wildman–Crippen LogP) is 3.08. The Hall–Kier alpha value is -0.870. The van der Waals surface area contributed by atoms with Gasteiger partial charge in [-0.15, -0.1) is 0 Å². The first-order valence-corrected chi connectivity index (χ1v) is 5.32. The van der Waals surface area contributed by atoms with Crippen molar-refractivity contribution < 1.29 is 13.5 Å². The Kier molecular flexibility index (Phi) is 4.50. The van der Waals surface area contributed by atoms with E-state index in [1.165, 1.54) is 13.2 Å². The summed E-state index contributed by atoms with van der Waals surface area (Å²) in [6.45, 7) is 2.27. The minimum atomic E-state index is -0.858. The summed E-state index contributed by atoms with van der Waals surface area (Å²) in [6.07, 6.45) is 0.622. The van der Waals surface area contributed by atoms with E-state index in [1.54, 1.807) is 0 Å². The molecule has 0 saturated heterocycles. The summed E-state index contributed by atoms with van der Waals surface area (Å²) in [4.78, 5) is 0. The maximum Gasteiger partial charge on any atom is 0.186 e. The molecule has 0 aromatic heterocycles. The third-order valence-corrected chi connectivity index (χ3v) is 2.83. The van der Waals surface area contributed by atoms with Gasteiger partial charge in [0, 0.05) is 5.56 Å². The first-order valence-electron chi connectivity index (χ1n) is 4.94. The van der Waals surface area contributed by atoms with Gasteiger partial charge in [-0.2, -0.15) is 0 Å². The van der Waals surface area contributed by atoms with Gasteiger partial charge in [-0.25, -0.2) is 8.78 Å². The SMILES string of the molecule is COc1c(C(C)CCN)cc(F)c(Cl)c1F. The molecule has 1 rings (SSSR count). The Morgan fingerprint density at radius 2 is 2.12 bits per heavy atom. The largest absolute Gasteiger partial charge is 0.493 e. The quantitative estimate of drug-likeness (QED) is 0.833. The summed E-state index contributed by atoms with van der Waals surface area (Å²) in [5, 5.41) is -0.541. The second-order valence-electron chi connectivity index (χ2n) is 3.59. The Bertz CT molecular complexity index is 385. The zero-order chi connectivity index (χ0) is 12.3. The highest BCUT2D eigenvalue weighted by molar-refractivity contribution is 6.31. The fourth-order valence-electron chi connectivity index (χ4n) is 1.58. The number of hydrogen-bond acceptors (Lipinski definition) is 2. The highest BCUT2D eigenvalue weighted by atomic mass is 35.5. The molecule has 2 N–H and O–H groups in total. The van der Waals surface area contributed by atoms with Crippen LogP contribution in [0.3, 0.4) is 0 Å². The second kappa shape index (κ2) is 5.46. The van der Waals surface area contributed by atoms with Gasteiger partial charge in [0.2, 0.25) is 0 Å². The summed E-state index contributed by atoms with van der Waals surface area (Å²) in [6, 6.07) is 1.20. The minimum Gasteiger partial charge on any atom is -0.493 e. The molecule has 0 aliphatic rings. The predicted molar refractivity (Wildman–Crippen MR) is 60.0 cm³/mol. The molecule has 0 aliphatic heterocycles. The second-order valence-corrected chi connectivity index (χ2v) is 3.97. The van der Waals surface area contributed by atoms with Crippen LogP contribution in [0.2, 0.25) is 5.02 Å². The molecule has 5 heteroatoms. The molecule has 1 atom stereocenters. The van der Waals surface area contributed by atoms with Gasteiger partial charge >= 0.3 is 0 Å². The highest BCUT2D eigenvalue weighted by Crippen LogP contribution is 2.36. The summed E-state index contributed by atoms with van der Waals surface area (Å²) in [7, 11) is 1.32. The number of nitrogens with two attached hydrogens (primary N) is 1. The van der Waals surface area contributed by atoms with Crippen molar-refractivity contribution in [2.45, 2.75) is 19.3 Å². The molecule has 0 heterocycles. The minimum absolute atomic E-state index is 0.00708. The van der Waals surface area contributed by atoms with Crippen LogP contribution in [0.5, 0.6) is 5.75 Å². The van der Waals surface area contributed by atoms with Gasteiger partial charge in [0.1, 0.15) is 10.8 Å². The molecule has 16 heavy (non-hydrogen) atoms. The van der Waals surface area contributed by atoms with Crippen LogP contribution in [0.15, 0.2) is 6.07 Å². The average molecular weight is 250 g/mol. The summed E-state index contributed by atoms with van der Waals surface area (Å²) in [5.41, 5.74) is 5.86. The number of benzene rings is 1. The summed E-state index contributed by atoms with van der Waals surface area (Å²) in [5.74, 6) is -1.73. The lowest BCUT2D eigenvalue weighted by Crippen LogP contribution is -2.07. The number of halogens is 3. The van der Waals surface area contributed by atoms with E-state index in [0.717, 1.165) is 0 Å². The van der Waals surface area contributed by atoms with Crippen molar-refractivity contribution in [2.75, 3.05) is 13.7 Å². The van der Waals surface area contributed by atoms with Crippen LogP contribution < -0.4 is 10.5 Å². The summed E-state index contributed by atoms with van der Waals surface area (Å²) >= 11 is 5.46. The Morgan fingerprint density at radius 3 is 2.62 bits per heavy atom. The van der Waals surface area contributed by atoms with Crippen molar-refractivity contribution in [1.29, 1.82) is 0 Å². The van der Waals surface area contributed by atoms with Gasteiger partial charge in [0.15, 0.2) is 11.6 Å². The van der Waals surface area contributed by atoms with E-state index in [4.69, 9.17) is 22.1 Å². The third-order valence-electron chi connectivity index (χ3n) is 2.48. The Morgan fingerprint density at radius 1 is 1.50 bits per heavy atom. The van der Waals surface area contributed by atoms with Gasteiger partial charge in [0.25, 0.3) is 0 Å². The molecule has 2 nitrogen and oxygen atoms in total. The Balaban J connectivity index is 3.27. The molecule has 0 amide bonds. The van der Waals surface area contributed by atoms with E-state index in [-0.39, 0.29) is 11.7 Å². The number of hydrogen-bond donors (Lipinski definition) is 1. The van der Waals surface area contributed by atoms with Gasteiger partial charge in [0.05, 0.1) is 7.11 Å². The van der Waals surface area contributed by atoms with Crippen molar-refractivity contribution in [2.24, 2.45) is 5.73 Å². The zero-order valence-corrected chi connectivity index (χ0v) is 9.94. The number of rotatable bonds is 4. The highest BCUT2D eigenvalue weighted by Gasteiger charge is 2.21. The lowest BCUT2D eigenvalue weighted by atomic mass is 9.96. The van der Waals surface area contributed by atoms with Crippen molar-refractivity contribution in [3.63, 3.8) is 0 Å². The fraction of sp³-hybridized carbons (Fsp3) is 0.455. The summed E-state index contributed by atoms with van der Waals surface area (Å²) < 4.78 is 31.8. The van der Waals surface area contributed by atoms with E-state index < -0.39 is 16.7 Å². The molecule has 0 aliphatic carbocycles. The topological polar surface area (TPSA) is 35.2 Å². The molecule has 1 aromatic rings. The number of ether oxygens (including phenoxy) is 1. The molecule has 0 spiro atoms. The first-order chi connectivity index (χ1) is 7.52. The van der Waals surface area contributed by atoms with E-state index in [1.807, 2.05) is 6.92 Å². The van der Waals surface area contributed by atoms with Crippen LogP contribution in [0, 0.1) is 11.6 Å². The van der Waals surface area contributed by atoms with Gasteiger partial charge < -0.3 is 10.5 Å². The maximum atomic E-state index is 13.6. The lowest BCUT2D eigenvalue weighted by molar-refractivity contribution is 0.375. The molecule has 0 bridgehead atoms. The zero-order valence-electron chi connectivity index (χ0n) is 9.19. The van der Waals surface area contributed by atoms with Crippen LogP contribution in [-0.4, -0.2) is 13.7 Å². The van der Waals surface area contributed by atoms with Crippen LogP contribution in [0.4, 0.5) is 8.78 Å². The first kappa shape index (κ1) is 13.2. The third kappa shape index (κ3) is 2.44. The molecule has 1 unspecified atom stereocenters. The smallest absolute Gasteiger partial charge is 0.186 e. The molecule has 0 saturated carbocycles. The number of methoxy groups -OCH3 is 1. The van der Waals surface area contributed by atoms with Crippen LogP contribution in [0.1, 0.15) is 24.8 Å². The normalized spacial score (nSPS) is 12.6. The molecular weight excluding hydrogens is 236 g/mol. The molecule has 0 fully saturated rings. The molecule has 1 aromatic carbocycles. The van der Waals surface area contributed by atoms with Crippen LogP contribution in [0.25, 0.3) is 0 Å². The van der Waals surface area contributed by atoms with E-state index in [0.29, 0.717) is 18.5 Å². The van der Waals surface area contributed by atoms with Crippen LogP contribution >= 0.6 is 11.6 Å². The average Bonchev–Trinajstić information content (AvgIpc) is 2.26. The van der Waals surface area contributed by atoms with Gasteiger partial charge in [-0.05, 0) is 24.9 Å². The van der Waals surface area contributed by atoms with Crippen molar-refractivity contribution >= 4 is 11.6 Å². The van der Waals surface area contributed by atoms with Crippen molar-refractivity contribution in [1.82, 2.24) is 0 Å². The standard InChI is InChI=1S/C11H14ClF2NO/c1-6(3-4-15)7-5-8(13)9(12)10(14)11(7)16-2/h5-6H,3-4,15H2,1-2H3.